The van der Waals surface area contributed by atoms with Crippen LogP contribution in [0.3, 0.4) is 0 Å². The Balaban J connectivity index is 2.19. The van der Waals surface area contributed by atoms with Crippen molar-refractivity contribution in [2.45, 2.75) is 25.2 Å². The lowest BCUT2D eigenvalue weighted by atomic mass is 9.86. The topological polar surface area (TPSA) is 25.2 Å². The quantitative estimate of drug-likeness (QED) is 0.724. The van der Waals surface area contributed by atoms with Crippen molar-refractivity contribution in [1.82, 2.24) is 5.32 Å². The van der Waals surface area contributed by atoms with Gasteiger partial charge in [0.25, 0.3) is 0 Å². The molecular formula is C10H15NO. The van der Waals surface area contributed by atoms with Crippen LogP contribution < -0.4 is 5.32 Å². The molecule has 0 saturated heterocycles. The Bertz CT molecular complexity index is 254. The number of hydrogen-bond acceptors (Lipinski definition) is 2. The van der Waals surface area contributed by atoms with Crippen LogP contribution >= 0.6 is 0 Å². The van der Waals surface area contributed by atoms with Gasteiger partial charge in [-0.05, 0) is 43.4 Å². The fourth-order valence-electron chi connectivity index (χ4n) is 2.05. The van der Waals surface area contributed by atoms with Gasteiger partial charge in [0.05, 0.1) is 12.5 Å². The van der Waals surface area contributed by atoms with Gasteiger partial charge in [0, 0.05) is 6.54 Å². The monoisotopic (exact) mass is 165 g/mol. The number of rotatable bonds is 2. The first-order valence-corrected chi connectivity index (χ1v) is 4.61. The molecular weight excluding hydrogens is 150 g/mol. The van der Waals surface area contributed by atoms with Gasteiger partial charge in [0.2, 0.25) is 0 Å². The lowest BCUT2D eigenvalue weighted by molar-refractivity contribution is 0.526. The van der Waals surface area contributed by atoms with Crippen LogP contribution in [0.15, 0.2) is 16.9 Å². The Morgan fingerprint density at radius 2 is 2.50 bits per heavy atom. The van der Waals surface area contributed by atoms with Gasteiger partial charge in [-0.1, -0.05) is 0 Å². The fraction of sp³-hybridized carbons (Fsp3) is 0.600. The Labute approximate surface area is 73.0 Å². The number of furan rings is 1. The molecule has 1 atom stereocenters. The predicted molar refractivity (Wildman–Crippen MR) is 48.3 cm³/mol. The van der Waals surface area contributed by atoms with Crippen molar-refractivity contribution < 1.29 is 4.42 Å². The average Bonchev–Trinajstić information content (AvgIpc) is 2.53. The molecule has 1 heterocycles. The van der Waals surface area contributed by atoms with Crippen LogP contribution in [0.4, 0.5) is 0 Å². The van der Waals surface area contributed by atoms with E-state index in [4.69, 9.17) is 4.42 Å². The SMILES string of the molecule is CNCC1CCCc2cocc21. The summed E-state index contributed by atoms with van der Waals surface area (Å²) in [5.41, 5.74) is 2.84. The van der Waals surface area contributed by atoms with Crippen LogP contribution in [0.2, 0.25) is 0 Å². The van der Waals surface area contributed by atoms with E-state index in [2.05, 4.69) is 5.32 Å². The Kier molecular flexibility index (Phi) is 2.17. The van der Waals surface area contributed by atoms with Crippen LogP contribution in [0.5, 0.6) is 0 Å². The van der Waals surface area contributed by atoms with Gasteiger partial charge in [0.15, 0.2) is 0 Å². The Morgan fingerprint density at radius 3 is 3.33 bits per heavy atom. The van der Waals surface area contributed by atoms with E-state index < -0.39 is 0 Å². The van der Waals surface area contributed by atoms with Gasteiger partial charge >= 0.3 is 0 Å². The zero-order valence-corrected chi connectivity index (χ0v) is 7.47. The largest absolute Gasteiger partial charge is 0.472 e. The van der Waals surface area contributed by atoms with Gasteiger partial charge < -0.3 is 9.73 Å². The average molecular weight is 165 g/mol. The molecule has 0 fully saturated rings. The minimum atomic E-state index is 0.678. The molecule has 0 radical (unpaired) electrons. The lowest BCUT2D eigenvalue weighted by Gasteiger charge is -2.20. The van der Waals surface area contributed by atoms with E-state index in [1.807, 2.05) is 19.6 Å². The first-order chi connectivity index (χ1) is 5.92. The third-order valence-corrected chi connectivity index (χ3v) is 2.67. The Hall–Kier alpha value is -0.760. The molecule has 0 saturated carbocycles. The van der Waals surface area contributed by atoms with Crippen molar-refractivity contribution in [3.05, 3.63) is 23.7 Å². The van der Waals surface area contributed by atoms with E-state index in [0.717, 1.165) is 6.54 Å². The molecule has 1 aromatic rings. The molecule has 1 aromatic heterocycles. The van der Waals surface area contributed by atoms with E-state index in [9.17, 15) is 0 Å². The smallest absolute Gasteiger partial charge is 0.0940 e. The first kappa shape index (κ1) is 7.87. The molecule has 0 spiro atoms. The Morgan fingerprint density at radius 1 is 1.58 bits per heavy atom. The predicted octanol–water partition coefficient (Wildman–Crippen LogP) is 1.92. The molecule has 1 aliphatic carbocycles. The molecule has 1 unspecified atom stereocenters. The molecule has 1 N–H and O–H groups in total. The molecule has 0 bridgehead atoms. The maximum absolute atomic E-state index is 5.22. The fourth-order valence-corrected chi connectivity index (χ4v) is 2.05. The second-order valence-corrected chi connectivity index (χ2v) is 3.50. The summed E-state index contributed by atoms with van der Waals surface area (Å²) in [6.07, 6.45) is 7.62. The van der Waals surface area contributed by atoms with Gasteiger partial charge in [-0.3, -0.25) is 0 Å². The molecule has 0 amide bonds. The van der Waals surface area contributed by atoms with Crippen molar-refractivity contribution in [3.63, 3.8) is 0 Å². The molecule has 2 nitrogen and oxygen atoms in total. The van der Waals surface area contributed by atoms with Crippen LogP contribution in [0, 0.1) is 0 Å². The molecule has 12 heavy (non-hydrogen) atoms. The molecule has 0 aromatic carbocycles. The summed E-state index contributed by atoms with van der Waals surface area (Å²) in [7, 11) is 2.01. The number of likely N-dealkylation sites (N-methyl/N-ethyl adjacent to an activating group) is 1. The highest BCUT2D eigenvalue weighted by atomic mass is 16.3. The zero-order chi connectivity index (χ0) is 8.39. The minimum absolute atomic E-state index is 0.678. The van der Waals surface area contributed by atoms with E-state index >= 15 is 0 Å². The van der Waals surface area contributed by atoms with Crippen molar-refractivity contribution in [2.24, 2.45) is 0 Å². The van der Waals surface area contributed by atoms with E-state index in [0.29, 0.717) is 5.92 Å². The summed E-state index contributed by atoms with van der Waals surface area (Å²) in [5.74, 6) is 0.678. The maximum Gasteiger partial charge on any atom is 0.0940 e. The van der Waals surface area contributed by atoms with Crippen molar-refractivity contribution in [3.8, 4) is 0 Å². The van der Waals surface area contributed by atoms with E-state index in [1.165, 1.54) is 30.4 Å². The lowest BCUT2D eigenvalue weighted by Crippen LogP contribution is -2.20. The number of hydrogen-bond donors (Lipinski definition) is 1. The van der Waals surface area contributed by atoms with E-state index in [1.54, 1.807) is 0 Å². The van der Waals surface area contributed by atoms with Gasteiger partial charge in [0.1, 0.15) is 0 Å². The summed E-state index contributed by atoms with van der Waals surface area (Å²) in [6.45, 7) is 1.08. The summed E-state index contributed by atoms with van der Waals surface area (Å²) in [5, 5.41) is 3.23. The molecule has 66 valence electrons. The molecule has 1 aliphatic rings. The summed E-state index contributed by atoms with van der Waals surface area (Å²) in [4.78, 5) is 0. The summed E-state index contributed by atoms with van der Waals surface area (Å²) < 4.78 is 5.22. The number of aryl methyl sites for hydroxylation is 1. The van der Waals surface area contributed by atoms with Crippen molar-refractivity contribution in [2.75, 3.05) is 13.6 Å². The van der Waals surface area contributed by atoms with Gasteiger partial charge in [-0.15, -0.1) is 0 Å². The summed E-state index contributed by atoms with van der Waals surface area (Å²) in [6, 6.07) is 0. The highest BCUT2D eigenvalue weighted by molar-refractivity contribution is 5.28. The van der Waals surface area contributed by atoms with Crippen molar-refractivity contribution in [1.29, 1.82) is 0 Å². The van der Waals surface area contributed by atoms with Crippen LogP contribution in [-0.4, -0.2) is 13.6 Å². The minimum Gasteiger partial charge on any atom is -0.472 e. The highest BCUT2D eigenvalue weighted by Gasteiger charge is 2.20. The van der Waals surface area contributed by atoms with Gasteiger partial charge in [-0.2, -0.15) is 0 Å². The maximum atomic E-state index is 5.22. The zero-order valence-electron chi connectivity index (χ0n) is 7.47. The van der Waals surface area contributed by atoms with Crippen LogP contribution in [0.25, 0.3) is 0 Å². The second kappa shape index (κ2) is 3.31. The normalized spacial score (nSPS) is 22.2. The third-order valence-electron chi connectivity index (χ3n) is 2.67. The molecule has 2 heteroatoms. The van der Waals surface area contributed by atoms with Crippen molar-refractivity contribution >= 4 is 0 Å². The van der Waals surface area contributed by atoms with Crippen LogP contribution in [-0.2, 0) is 6.42 Å². The third kappa shape index (κ3) is 1.27. The highest BCUT2D eigenvalue weighted by Crippen LogP contribution is 2.31. The molecule has 0 aliphatic heterocycles. The number of nitrogens with one attached hydrogen (secondary N) is 1. The van der Waals surface area contributed by atoms with Gasteiger partial charge in [-0.25, -0.2) is 0 Å². The standard InChI is InChI=1S/C10H15NO/c1-11-5-8-3-2-4-9-6-12-7-10(8)9/h6-8,11H,2-5H2,1H3. The van der Waals surface area contributed by atoms with Crippen LogP contribution in [0.1, 0.15) is 29.9 Å². The number of fused-ring (bicyclic) bond motifs is 1. The first-order valence-electron chi connectivity index (χ1n) is 4.61. The second-order valence-electron chi connectivity index (χ2n) is 3.50. The summed E-state index contributed by atoms with van der Waals surface area (Å²) >= 11 is 0. The van der Waals surface area contributed by atoms with E-state index in [-0.39, 0.29) is 0 Å². The molecule has 2 rings (SSSR count).